The van der Waals surface area contributed by atoms with Crippen LogP contribution in [0.1, 0.15) is 120 Å². The van der Waals surface area contributed by atoms with Crippen LogP contribution in [0, 0.1) is 39.4 Å². The number of esters is 1. The van der Waals surface area contributed by atoms with Gasteiger partial charge in [0.25, 0.3) is 0 Å². The zero-order chi connectivity index (χ0) is 28.5. The third-order valence-electron chi connectivity index (χ3n) is 12.4. The average molecular weight is 533 g/mol. The minimum atomic E-state index is -1.24. The van der Waals surface area contributed by atoms with Crippen molar-refractivity contribution >= 4 is 11.9 Å². The van der Waals surface area contributed by atoms with Gasteiger partial charge in [0.15, 0.2) is 0 Å². The lowest BCUT2D eigenvalue weighted by Crippen LogP contribution is -2.56. The highest BCUT2D eigenvalue weighted by atomic mass is 16.5. The summed E-state index contributed by atoms with van der Waals surface area (Å²) >= 11 is 0. The molecule has 0 spiro atoms. The predicted octanol–water partition coefficient (Wildman–Crippen LogP) is 6.28. The Labute approximate surface area is 229 Å². The lowest BCUT2D eigenvalue weighted by atomic mass is 9.43. The number of aliphatic hydroxyl groups is 2. The second kappa shape index (κ2) is 9.61. The van der Waals surface area contributed by atoms with Crippen molar-refractivity contribution in [1.29, 1.82) is 0 Å². The summed E-state index contributed by atoms with van der Waals surface area (Å²) in [6.07, 6.45) is 7.62. The van der Waals surface area contributed by atoms with E-state index in [1.165, 1.54) is 6.92 Å². The van der Waals surface area contributed by atoms with Gasteiger partial charge in [0, 0.05) is 12.3 Å². The van der Waals surface area contributed by atoms with Gasteiger partial charge in [-0.1, -0.05) is 45.8 Å². The molecular formula is C32H52O6. The largest absolute Gasteiger partial charge is 0.481 e. The van der Waals surface area contributed by atoms with Crippen molar-refractivity contribution in [3.05, 3.63) is 11.1 Å². The Morgan fingerprint density at radius 1 is 0.974 bits per heavy atom. The summed E-state index contributed by atoms with van der Waals surface area (Å²) in [6, 6.07) is 0. The molecule has 0 aliphatic heterocycles. The van der Waals surface area contributed by atoms with Crippen molar-refractivity contribution in [2.24, 2.45) is 39.4 Å². The van der Waals surface area contributed by atoms with Crippen molar-refractivity contribution in [2.45, 2.75) is 137 Å². The molecule has 0 amide bonds. The van der Waals surface area contributed by atoms with E-state index in [1.54, 1.807) is 25.0 Å². The smallest absolute Gasteiger partial charge is 0.306 e. The SMILES string of the molecule is CC(=O)O[C@@H]1CC[C@]2(C)C3=C(CC[C@H]2C1(C)C)[C@]1(C)CC[C@H]([C@H](CC[C@H](O)C(C)(C)O)C(=O)O)[C@@]1(C)CC3. The highest BCUT2D eigenvalue weighted by molar-refractivity contribution is 5.70. The Morgan fingerprint density at radius 2 is 1.63 bits per heavy atom. The standard InChI is InChI=1S/C32H52O6/c1-19(33)38-26-15-16-30(6)22-14-18-31(7)21(20(27(35)36)9-12-25(34)29(4,5)37)13-17-32(31,8)23(22)10-11-24(30)28(26,2)3/h20-21,24-26,34,37H,9-18H2,1-8H3,(H,35,36)/t20-,21+,24-,25-,26+,30+,31+,32-/m0/s1. The maximum absolute atomic E-state index is 12.6. The topological polar surface area (TPSA) is 104 Å². The zero-order valence-corrected chi connectivity index (χ0v) is 25.0. The number of aliphatic carboxylic acids is 1. The van der Waals surface area contributed by atoms with Gasteiger partial charge in [-0.15, -0.1) is 0 Å². The molecular weight excluding hydrogens is 480 g/mol. The Bertz CT molecular complexity index is 990. The van der Waals surface area contributed by atoms with Gasteiger partial charge < -0.3 is 20.1 Å². The number of carboxylic acid groups (broad SMARTS) is 1. The number of fused-ring (bicyclic) bond motifs is 4. The first-order valence-corrected chi connectivity index (χ1v) is 14.9. The van der Waals surface area contributed by atoms with E-state index in [9.17, 15) is 24.9 Å². The molecule has 6 nitrogen and oxygen atoms in total. The molecule has 0 heterocycles. The van der Waals surface area contributed by atoms with Crippen LogP contribution in [0.15, 0.2) is 11.1 Å². The van der Waals surface area contributed by atoms with Gasteiger partial charge >= 0.3 is 11.9 Å². The van der Waals surface area contributed by atoms with Gasteiger partial charge in [0.2, 0.25) is 0 Å². The molecule has 38 heavy (non-hydrogen) atoms. The summed E-state index contributed by atoms with van der Waals surface area (Å²) in [5, 5.41) is 30.9. The molecule has 0 bridgehead atoms. The minimum absolute atomic E-state index is 0.0291. The molecule has 6 heteroatoms. The van der Waals surface area contributed by atoms with E-state index in [4.69, 9.17) is 4.74 Å². The second-order valence-electron chi connectivity index (χ2n) is 15.0. The summed E-state index contributed by atoms with van der Waals surface area (Å²) < 4.78 is 5.82. The molecule has 0 saturated heterocycles. The predicted molar refractivity (Wildman–Crippen MR) is 147 cm³/mol. The molecule has 2 fully saturated rings. The lowest BCUT2D eigenvalue weighted by Gasteiger charge is -2.62. The van der Waals surface area contributed by atoms with Crippen molar-refractivity contribution in [3.8, 4) is 0 Å². The Kier molecular flexibility index (Phi) is 7.48. The van der Waals surface area contributed by atoms with E-state index < -0.39 is 23.6 Å². The van der Waals surface area contributed by atoms with Crippen LogP contribution in [0.3, 0.4) is 0 Å². The van der Waals surface area contributed by atoms with Crippen LogP contribution in [-0.4, -0.2) is 45.1 Å². The number of carbonyl (C=O) groups is 2. The van der Waals surface area contributed by atoms with Crippen LogP contribution < -0.4 is 0 Å². The van der Waals surface area contributed by atoms with Crippen LogP contribution in [0.5, 0.6) is 0 Å². The van der Waals surface area contributed by atoms with Gasteiger partial charge in [-0.25, -0.2) is 0 Å². The number of ether oxygens (including phenoxy) is 1. The maximum Gasteiger partial charge on any atom is 0.306 e. The van der Waals surface area contributed by atoms with E-state index in [0.717, 1.165) is 51.4 Å². The van der Waals surface area contributed by atoms with E-state index in [1.807, 2.05) is 0 Å². The number of allylic oxidation sites excluding steroid dienone is 2. The molecule has 0 unspecified atom stereocenters. The van der Waals surface area contributed by atoms with E-state index >= 15 is 0 Å². The molecule has 4 aliphatic rings. The number of carboxylic acids is 1. The number of rotatable bonds is 7. The van der Waals surface area contributed by atoms with E-state index in [2.05, 4.69) is 34.6 Å². The number of hydrogen-bond acceptors (Lipinski definition) is 5. The summed E-state index contributed by atoms with van der Waals surface area (Å²) in [6.45, 7) is 16.4. The molecule has 0 radical (unpaired) electrons. The number of hydrogen-bond donors (Lipinski definition) is 3. The maximum atomic E-state index is 12.6. The Hall–Kier alpha value is -1.40. The van der Waals surface area contributed by atoms with Crippen LogP contribution in [0.25, 0.3) is 0 Å². The normalized spacial score (nSPS) is 40.0. The zero-order valence-electron chi connectivity index (χ0n) is 25.0. The first-order valence-electron chi connectivity index (χ1n) is 14.9. The molecule has 4 rings (SSSR count). The van der Waals surface area contributed by atoms with Crippen molar-refractivity contribution in [3.63, 3.8) is 0 Å². The van der Waals surface area contributed by atoms with Gasteiger partial charge in [0.05, 0.1) is 17.6 Å². The lowest BCUT2D eigenvalue weighted by molar-refractivity contribution is -0.167. The van der Waals surface area contributed by atoms with Crippen molar-refractivity contribution in [2.75, 3.05) is 0 Å². The summed E-state index contributed by atoms with van der Waals surface area (Å²) in [5.74, 6) is -0.986. The van der Waals surface area contributed by atoms with Gasteiger partial charge in [0.1, 0.15) is 6.10 Å². The van der Waals surface area contributed by atoms with Crippen molar-refractivity contribution < 1.29 is 29.6 Å². The van der Waals surface area contributed by atoms with Gasteiger partial charge in [-0.2, -0.15) is 0 Å². The highest BCUT2D eigenvalue weighted by Crippen LogP contribution is 2.72. The van der Waals surface area contributed by atoms with Gasteiger partial charge in [-0.05, 0) is 106 Å². The molecule has 4 aliphatic carbocycles. The fourth-order valence-corrected chi connectivity index (χ4v) is 9.95. The molecule has 3 N–H and O–H groups in total. The molecule has 0 aromatic rings. The monoisotopic (exact) mass is 532 g/mol. The Balaban J connectivity index is 1.64. The van der Waals surface area contributed by atoms with Crippen LogP contribution in [0.4, 0.5) is 0 Å². The number of aliphatic hydroxyl groups excluding tert-OH is 1. The average Bonchev–Trinajstić information content (AvgIpc) is 3.06. The van der Waals surface area contributed by atoms with Crippen LogP contribution in [-0.2, 0) is 14.3 Å². The fraction of sp³-hybridized carbons (Fsp3) is 0.875. The first kappa shape index (κ1) is 29.6. The molecule has 216 valence electrons. The van der Waals surface area contributed by atoms with Gasteiger partial charge in [-0.3, -0.25) is 9.59 Å². The van der Waals surface area contributed by atoms with E-state index in [0.29, 0.717) is 12.3 Å². The molecule has 8 atom stereocenters. The molecule has 2 saturated carbocycles. The fourth-order valence-electron chi connectivity index (χ4n) is 9.95. The third-order valence-corrected chi connectivity index (χ3v) is 12.4. The minimum Gasteiger partial charge on any atom is -0.481 e. The number of carbonyl (C=O) groups excluding carboxylic acids is 1. The summed E-state index contributed by atoms with van der Waals surface area (Å²) in [7, 11) is 0. The van der Waals surface area contributed by atoms with Crippen molar-refractivity contribution in [1.82, 2.24) is 0 Å². The third kappa shape index (κ3) is 4.46. The van der Waals surface area contributed by atoms with E-state index in [-0.39, 0.29) is 46.1 Å². The molecule has 0 aromatic heterocycles. The van der Waals surface area contributed by atoms with Crippen LogP contribution >= 0.6 is 0 Å². The second-order valence-corrected chi connectivity index (χ2v) is 15.0. The quantitative estimate of drug-likeness (QED) is 0.263. The highest BCUT2D eigenvalue weighted by Gasteiger charge is 2.64. The summed E-state index contributed by atoms with van der Waals surface area (Å²) in [4.78, 5) is 24.4. The first-order chi connectivity index (χ1) is 17.4. The molecule has 0 aromatic carbocycles. The Morgan fingerprint density at radius 3 is 2.21 bits per heavy atom. The summed E-state index contributed by atoms with van der Waals surface area (Å²) in [5.41, 5.74) is 1.83. The van der Waals surface area contributed by atoms with Crippen LogP contribution in [0.2, 0.25) is 0 Å².